The monoisotopic (exact) mass is 296 g/mol. The molecule has 1 aliphatic carbocycles. The van der Waals surface area contributed by atoms with Crippen LogP contribution in [-0.4, -0.2) is 25.3 Å². The van der Waals surface area contributed by atoms with Gasteiger partial charge in [0, 0.05) is 19.1 Å². The molecule has 0 heterocycles. The van der Waals surface area contributed by atoms with Crippen molar-refractivity contribution in [2.75, 3.05) is 6.54 Å². The quantitative estimate of drug-likeness (QED) is 0.908. The van der Waals surface area contributed by atoms with Gasteiger partial charge in [-0.3, -0.25) is 0 Å². The number of benzene rings is 1. The van der Waals surface area contributed by atoms with Gasteiger partial charge in [0.2, 0.25) is 10.0 Å². The van der Waals surface area contributed by atoms with Gasteiger partial charge in [-0.1, -0.05) is 38.3 Å². The summed E-state index contributed by atoms with van der Waals surface area (Å²) in [7, 11) is -3.41. The molecule has 1 aromatic rings. The molecule has 1 saturated carbocycles. The van der Waals surface area contributed by atoms with E-state index in [0.29, 0.717) is 18.0 Å². The first kappa shape index (κ1) is 15.5. The number of sulfonamides is 1. The number of hydrogen-bond donors (Lipinski definition) is 1. The molecule has 0 atom stereocenters. The third kappa shape index (κ3) is 3.22. The van der Waals surface area contributed by atoms with Crippen molar-refractivity contribution >= 4 is 10.0 Å². The Bertz CT molecular complexity index is 537. The molecule has 20 heavy (non-hydrogen) atoms. The normalized spacial score (nSPS) is 17.6. The Morgan fingerprint density at radius 2 is 1.95 bits per heavy atom. The van der Waals surface area contributed by atoms with Crippen molar-refractivity contribution in [3.63, 3.8) is 0 Å². The molecule has 4 nitrogen and oxygen atoms in total. The third-order valence-electron chi connectivity index (χ3n) is 4.03. The fourth-order valence-corrected chi connectivity index (χ4v) is 4.73. The minimum atomic E-state index is -3.41. The molecule has 0 aromatic heterocycles. The van der Waals surface area contributed by atoms with Crippen molar-refractivity contribution in [1.29, 1.82) is 0 Å². The average Bonchev–Trinajstić information content (AvgIpc) is 2.49. The van der Waals surface area contributed by atoms with E-state index in [1.165, 1.54) is 6.42 Å². The zero-order valence-electron chi connectivity index (χ0n) is 12.1. The summed E-state index contributed by atoms with van der Waals surface area (Å²) in [5.41, 5.74) is 6.46. The van der Waals surface area contributed by atoms with Gasteiger partial charge in [0.25, 0.3) is 0 Å². The van der Waals surface area contributed by atoms with Crippen LogP contribution in [0.1, 0.15) is 44.6 Å². The van der Waals surface area contributed by atoms with Crippen LogP contribution in [0, 0.1) is 0 Å². The number of nitrogens with zero attached hydrogens (tertiary/aromatic N) is 1. The predicted octanol–water partition coefficient (Wildman–Crippen LogP) is 2.49. The van der Waals surface area contributed by atoms with Gasteiger partial charge in [-0.2, -0.15) is 4.31 Å². The van der Waals surface area contributed by atoms with Crippen LogP contribution < -0.4 is 5.73 Å². The molecule has 2 N–H and O–H groups in total. The van der Waals surface area contributed by atoms with E-state index >= 15 is 0 Å². The lowest BCUT2D eigenvalue weighted by Gasteiger charge is -2.32. The first-order chi connectivity index (χ1) is 9.59. The third-order valence-corrected chi connectivity index (χ3v) is 6.06. The molecular formula is C15H24N2O2S. The minimum absolute atomic E-state index is 0.153. The van der Waals surface area contributed by atoms with Crippen LogP contribution in [0.15, 0.2) is 29.2 Å². The first-order valence-electron chi connectivity index (χ1n) is 7.40. The van der Waals surface area contributed by atoms with Crippen LogP contribution in [0.3, 0.4) is 0 Å². The van der Waals surface area contributed by atoms with Gasteiger partial charge < -0.3 is 5.73 Å². The van der Waals surface area contributed by atoms with Gasteiger partial charge in [0.1, 0.15) is 0 Å². The van der Waals surface area contributed by atoms with Crippen LogP contribution in [0.25, 0.3) is 0 Å². The second-order valence-corrected chi connectivity index (χ2v) is 7.24. The molecule has 1 aromatic carbocycles. The lowest BCUT2D eigenvalue weighted by Crippen LogP contribution is -2.41. The smallest absolute Gasteiger partial charge is 0.243 e. The highest BCUT2D eigenvalue weighted by atomic mass is 32.2. The summed E-state index contributed by atoms with van der Waals surface area (Å²) in [5.74, 6) is 0. The number of rotatable bonds is 5. The predicted molar refractivity (Wildman–Crippen MR) is 80.8 cm³/mol. The number of hydrogen-bond acceptors (Lipinski definition) is 3. The van der Waals surface area contributed by atoms with Gasteiger partial charge >= 0.3 is 0 Å². The molecule has 0 spiro atoms. The summed E-state index contributed by atoms with van der Waals surface area (Å²) in [6.45, 7) is 2.80. The summed E-state index contributed by atoms with van der Waals surface area (Å²) in [4.78, 5) is 0.368. The molecule has 0 aliphatic heterocycles. The Labute approximate surface area is 122 Å². The van der Waals surface area contributed by atoms with E-state index in [1.54, 1.807) is 22.5 Å². The summed E-state index contributed by atoms with van der Waals surface area (Å²) in [6.07, 6.45) is 5.42. The molecule has 0 amide bonds. The fourth-order valence-electron chi connectivity index (χ4n) is 2.96. The lowest BCUT2D eigenvalue weighted by atomic mass is 9.95. The standard InChI is InChI=1S/C15H24N2O2S/c1-2-17(14-8-4-3-5-9-14)20(18,19)15-10-6-7-13(11-15)12-16/h6-7,10-11,14H,2-5,8-9,12,16H2,1H3. The van der Waals surface area contributed by atoms with Gasteiger partial charge in [0.15, 0.2) is 0 Å². The zero-order valence-corrected chi connectivity index (χ0v) is 12.9. The van der Waals surface area contributed by atoms with Crippen molar-refractivity contribution < 1.29 is 8.42 Å². The van der Waals surface area contributed by atoms with Crippen LogP contribution in [0.2, 0.25) is 0 Å². The van der Waals surface area contributed by atoms with E-state index in [-0.39, 0.29) is 6.04 Å². The topological polar surface area (TPSA) is 63.4 Å². The van der Waals surface area contributed by atoms with Crippen LogP contribution in [0.5, 0.6) is 0 Å². The average molecular weight is 296 g/mol. The maximum absolute atomic E-state index is 12.8. The van der Waals surface area contributed by atoms with Crippen molar-refractivity contribution in [3.8, 4) is 0 Å². The van der Waals surface area contributed by atoms with E-state index in [0.717, 1.165) is 31.2 Å². The van der Waals surface area contributed by atoms with Crippen molar-refractivity contribution in [2.45, 2.75) is 56.5 Å². The van der Waals surface area contributed by atoms with E-state index in [2.05, 4.69) is 0 Å². The van der Waals surface area contributed by atoms with Crippen LogP contribution in [-0.2, 0) is 16.6 Å². The summed E-state index contributed by atoms with van der Waals surface area (Å²) in [5, 5.41) is 0. The Hall–Kier alpha value is -0.910. The summed E-state index contributed by atoms with van der Waals surface area (Å²) in [6, 6.07) is 7.14. The molecular weight excluding hydrogens is 272 g/mol. The first-order valence-corrected chi connectivity index (χ1v) is 8.84. The fraction of sp³-hybridized carbons (Fsp3) is 0.600. The highest BCUT2D eigenvalue weighted by Gasteiger charge is 2.30. The number of nitrogens with two attached hydrogens (primary N) is 1. The van der Waals surface area contributed by atoms with E-state index in [4.69, 9.17) is 5.73 Å². The minimum Gasteiger partial charge on any atom is -0.326 e. The summed E-state index contributed by atoms with van der Waals surface area (Å²) < 4.78 is 27.3. The Morgan fingerprint density at radius 1 is 1.25 bits per heavy atom. The maximum Gasteiger partial charge on any atom is 0.243 e. The molecule has 1 fully saturated rings. The van der Waals surface area contributed by atoms with Gasteiger partial charge in [-0.25, -0.2) is 8.42 Å². The molecule has 1 aliphatic rings. The van der Waals surface area contributed by atoms with Crippen molar-refractivity contribution in [1.82, 2.24) is 4.31 Å². The molecule has 0 unspecified atom stereocenters. The maximum atomic E-state index is 12.8. The van der Waals surface area contributed by atoms with Crippen LogP contribution in [0.4, 0.5) is 0 Å². The Balaban J connectivity index is 2.30. The molecule has 2 rings (SSSR count). The Morgan fingerprint density at radius 3 is 2.55 bits per heavy atom. The van der Waals surface area contributed by atoms with E-state index < -0.39 is 10.0 Å². The molecule has 0 bridgehead atoms. The van der Waals surface area contributed by atoms with E-state index in [9.17, 15) is 8.42 Å². The lowest BCUT2D eigenvalue weighted by molar-refractivity contribution is 0.261. The SMILES string of the molecule is CCN(C1CCCCC1)S(=O)(=O)c1cccc(CN)c1. The van der Waals surface area contributed by atoms with Crippen LogP contribution >= 0.6 is 0 Å². The molecule has 112 valence electrons. The summed E-state index contributed by atoms with van der Waals surface area (Å²) >= 11 is 0. The Kier molecular flexibility index (Phi) is 5.18. The van der Waals surface area contributed by atoms with Crippen molar-refractivity contribution in [3.05, 3.63) is 29.8 Å². The largest absolute Gasteiger partial charge is 0.326 e. The zero-order chi connectivity index (χ0) is 14.6. The van der Waals surface area contributed by atoms with Crippen molar-refractivity contribution in [2.24, 2.45) is 5.73 Å². The highest BCUT2D eigenvalue weighted by Crippen LogP contribution is 2.27. The van der Waals surface area contributed by atoms with Gasteiger partial charge in [0.05, 0.1) is 4.90 Å². The van der Waals surface area contributed by atoms with Gasteiger partial charge in [-0.05, 0) is 30.5 Å². The second-order valence-electron chi connectivity index (χ2n) is 5.35. The highest BCUT2D eigenvalue weighted by molar-refractivity contribution is 7.89. The molecule has 5 heteroatoms. The molecule has 0 saturated heterocycles. The molecule has 0 radical (unpaired) electrons. The van der Waals surface area contributed by atoms with Gasteiger partial charge in [-0.15, -0.1) is 0 Å². The second kappa shape index (κ2) is 6.70. The van der Waals surface area contributed by atoms with E-state index in [1.807, 2.05) is 13.0 Å².